The molecule has 7 nitrogen and oxygen atoms in total. The van der Waals surface area contributed by atoms with E-state index in [0.717, 1.165) is 18.2 Å². The number of hydrogen-bond acceptors (Lipinski definition) is 6. The highest BCUT2D eigenvalue weighted by Crippen LogP contribution is 2.38. The molecule has 3 heterocycles. The molecular formula is C19H13ClF6N6O. The number of anilines is 1. The van der Waals surface area contributed by atoms with Crippen molar-refractivity contribution in [2.24, 2.45) is 0 Å². The Morgan fingerprint density at radius 3 is 2.39 bits per heavy atom. The van der Waals surface area contributed by atoms with Crippen LogP contribution in [0.3, 0.4) is 0 Å². The molecule has 174 valence electrons. The van der Waals surface area contributed by atoms with E-state index in [0.29, 0.717) is 12.0 Å². The molecule has 1 aromatic carbocycles. The van der Waals surface area contributed by atoms with Crippen molar-refractivity contribution >= 4 is 28.7 Å². The number of halogens is 7. The highest BCUT2D eigenvalue weighted by Gasteiger charge is 2.36. The first-order valence-electron chi connectivity index (χ1n) is 9.24. The van der Waals surface area contributed by atoms with Gasteiger partial charge in [0.15, 0.2) is 17.2 Å². The highest BCUT2D eigenvalue weighted by atomic mass is 35.5. The fraction of sp³-hybridized carbons (Fsp3) is 0.263. The van der Waals surface area contributed by atoms with Crippen LogP contribution in [-0.4, -0.2) is 24.7 Å². The van der Waals surface area contributed by atoms with Gasteiger partial charge in [-0.3, -0.25) is 0 Å². The second-order valence-electron chi connectivity index (χ2n) is 7.02. The summed E-state index contributed by atoms with van der Waals surface area (Å²) in [5.74, 6) is 0.580. The first-order chi connectivity index (χ1) is 15.3. The Morgan fingerprint density at radius 2 is 1.79 bits per heavy atom. The fourth-order valence-electron chi connectivity index (χ4n) is 3.08. The van der Waals surface area contributed by atoms with Crippen molar-refractivity contribution < 1.29 is 30.8 Å². The van der Waals surface area contributed by atoms with Gasteiger partial charge in [-0.05, 0) is 38.1 Å². The average Bonchev–Trinajstić information content (AvgIpc) is 3.28. The van der Waals surface area contributed by atoms with Crippen LogP contribution in [0.5, 0.6) is 0 Å². The van der Waals surface area contributed by atoms with Crippen LogP contribution < -0.4 is 5.32 Å². The smallest absolute Gasteiger partial charge is 0.420 e. The van der Waals surface area contributed by atoms with Crippen molar-refractivity contribution in [1.82, 2.24) is 24.7 Å². The molecule has 3 aromatic heterocycles. The average molecular weight is 491 g/mol. The molecule has 0 saturated heterocycles. The molecule has 0 unspecified atom stereocenters. The van der Waals surface area contributed by atoms with Gasteiger partial charge in [0.05, 0.1) is 11.6 Å². The number of aromatic nitrogens is 5. The predicted octanol–water partition coefficient (Wildman–Crippen LogP) is 5.98. The summed E-state index contributed by atoms with van der Waals surface area (Å²) in [5.41, 5.74) is -2.61. The van der Waals surface area contributed by atoms with Crippen molar-refractivity contribution in [1.29, 1.82) is 0 Å². The number of oxazole rings is 1. The molecule has 0 aliphatic rings. The molecule has 0 saturated carbocycles. The molecule has 0 bridgehead atoms. The standard InChI is InChI=1S/C19H13ClF6N6O/c1-8(28-17-30-13-6-11(20)5-12(15(13)33-17)19(24,25)26)16-29-9(2)31-32(16)14-4-3-10(7-27-14)18(21,22)23/h3-8H,1-2H3,(H,28,30)/t8-/m0/s1. The lowest BCUT2D eigenvalue weighted by Gasteiger charge is -2.13. The lowest BCUT2D eigenvalue weighted by molar-refractivity contribution is -0.138. The third-order valence-corrected chi connectivity index (χ3v) is 4.74. The molecule has 0 amide bonds. The van der Waals surface area contributed by atoms with Crippen molar-refractivity contribution in [3.8, 4) is 5.82 Å². The molecule has 1 N–H and O–H groups in total. The second-order valence-corrected chi connectivity index (χ2v) is 7.45. The number of nitrogens with zero attached hydrogens (tertiary/aromatic N) is 5. The van der Waals surface area contributed by atoms with E-state index in [-0.39, 0.29) is 28.2 Å². The normalized spacial score (nSPS) is 13.5. The van der Waals surface area contributed by atoms with Gasteiger partial charge in [0, 0.05) is 11.2 Å². The predicted molar refractivity (Wildman–Crippen MR) is 105 cm³/mol. The third kappa shape index (κ3) is 4.58. The zero-order valence-electron chi connectivity index (χ0n) is 16.8. The largest absolute Gasteiger partial charge is 0.423 e. The minimum absolute atomic E-state index is 0.0657. The number of pyridine rings is 1. The van der Waals surface area contributed by atoms with Crippen LogP contribution in [0.4, 0.5) is 32.4 Å². The monoisotopic (exact) mass is 490 g/mol. The first-order valence-corrected chi connectivity index (χ1v) is 9.61. The fourth-order valence-corrected chi connectivity index (χ4v) is 3.29. The van der Waals surface area contributed by atoms with E-state index in [9.17, 15) is 26.3 Å². The summed E-state index contributed by atoms with van der Waals surface area (Å²) in [6.45, 7) is 3.16. The summed E-state index contributed by atoms with van der Waals surface area (Å²) in [4.78, 5) is 12.0. The number of alkyl halides is 6. The van der Waals surface area contributed by atoms with Crippen LogP contribution in [0.25, 0.3) is 16.9 Å². The van der Waals surface area contributed by atoms with Crippen LogP contribution >= 0.6 is 11.6 Å². The maximum absolute atomic E-state index is 13.3. The number of fused-ring (bicyclic) bond motifs is 1. The van der Waals surface area contributed by atoms with Gasteiger partial charge in [-0.15, -0.1) is 5.10 Å². The van der Waals surface area contributed by atoms with E-state index in [1.54, 1.807) is 13.8 Å². The molecule has 0 aliphatic carbocycles. The lowest BCUT2D eigenvalue weighted by Crippen LogP contribution is -2.15. The zero-order chi connectivity index (χ0) is 24.1. The molecule has 4 aromatic rings. The van der Waals surface area contributed by atoms with Gasteiger partial charge in [0.25, 0.3) is 6.01 Å². The summed E-state index contributed by atoms with van der Waals surface area (Å²) in [6, 6.07) is 2.98. The van der Waals surface area contributed by atoms with Gasteiger partial charge >= 0.3 is 12.4 Å². The van der Waals surface area contributed by atoms with E-state index in [1.807, 2.05) is 0 Å². The van der Waals surface area contributed by atoms with Gasteiger partial charge in [-0.25, -0.2) is 9.97 Å². The Hall–Kier alpha value is -3.35. The topological polar surface area (TPSA) is 81.7 Å². The maximum atomic E-state index is 13.3. The first kappa shape index (κ1) is 22.8. The van der Waals surface area contributed by atoms with E-state index in [1.165, 1.54) is 10.7 Å². The summed E-state index contributed by atoms with van der Waals surface area (Å²) >= 11 is 5.77. The summed E-state index contributed by atoms with van der Waals surface area (Å²) in [7, 11) is 0. The Kier molecular flexibility index (Phi) is 5.47. The number of aryl methyl sites for hydroxylation is 1. The van der Waals surface area contributed by atoms with E-state index < -0.39 is 35.1 Å². The van der Waals surface area contributed by atoms with Gasteiger partial charge in [-0.2, -0.15) is 36.0 Å². The molecule has 33 heavy (non-hydrogen) atoms. The molecule has 0 fully saturated rings. The van der Waals surface area contributed by atoms with Gasteiger partial charge in [0.2, 0.25) is 0 Å². The van der Waals surface area contributed by atoms with Crippen molar-refractivity contribution in [2.45, 2.75) is 32.2 Å². The molecule has 0 spiro atoms. The van der Waals surface area contributed by atoms with Crippen molar-refractivity contribution in [3.63, 3.8) is 0 Å². The van der Waals surface area contributed by atoms with Crippen LogP contribution in [0.1, 0.15) is 35.7 Å². The Labute approximate surface area is 186 Å². The second kappa shape index (κ2) is 7.90. The van der Waals surface area contributed by atoms with E-state index >= 15 is 0 Å². The Bertz CT molecular complexity index is 1310. The number of rotatable bonds is 4. The lowest BCUT2D eigenvalue weighted by atomic mass is 10.2. The number of nitrogens with one attached hydrogen (secondary N) is 1. The van der Waals surface area contributed by atoms with Gasteiger partial charge < -0.3 is 9.73 Å². The highest BCUT2D eigenvalue weighted by molar-refractivity contribution is 6.31. The van der Waals surface area contributed by atoms with Crippen molar-refractivity contribution in [3.05, 3.63) is 58.3 Å². The number of benzene rings is 1. The van der Waals surface area contributed by atoms with Crippen LogP contribution in [0.2, 0.25) is 5.02 Å². The minimum Gasteiger partial charge on any atom is -0.423 e. The quantitative estimate of drug-likeness (QED) is 0.355. The third-order valence-electron chi connectivity index (χ3n) is 4.52. The number of hydrogen-bond donors (Lipinski definition) is 1. The van der Waals surface area contributed by atoms with Crippen LogP contribution in [-0.2, 0) is 12.4 Å². The molecule has 4 rings (SSSR count). The van der Waals surface area contributed by atoms with Crippen molar-refractivity contribution in [2.75, 3.05) is 5.32 Å². The minimum atomic E-state index is -4.71. The van der Waals surface area contributed by atoms with Gasteiger partial charge in [0.1, 0.15) is 16.9 Å². The Balaban J connectivity index is 1.66. The SMILES string of the molecule is Cc1nc([C@H](C)Nc2nc3cc(Cl)cc(C(F)(F)F)c3o2)n(-c2ccc(C(F)(F)F)cn2)n1. The molecule has 0 radical (unpaired) electrons. The zero-order valence-corrected chi connectivity index (χ0v) is 17.5. The summed E-state index contributed by atoms with van der Waals surface area (Å²) < 4.78 is 84.9. The van der Waals surface area contributed by atoms with E-state index in [4.69, 9.17) is 16.0 Å². The Morgan fingerprint density at radius 1 is 1.06 bits per heavy atom. The van der Waals surface area contributed by atoms with Crippen LogP contribution in [0, 0.1) is 6.92 Å². The molecule has 14 heteroatoms. The van der Waals surface area contributed by atoms with E-state index in [2.05, 4.69) is 25.4 Å². The van der Waals surface area contributed by atoms with Gasteiger partial charge in [-0.1, -0.05) is 11.6 Å². The molecule has 1 atom stereocenters. The maximum Gasteiger partial charge on any atom is 0.420 e. The molecule has 0 aliphatic heterocycles. The summed E-state index contributed by atoms with van der Waals surface area (Å²) in [6.07, 6.45) is -8.60. The summed E-state index contributed by atoms with van der Waals surface area (Å²) in [5, 5.41) is 6.77. The molecular weight excluding hydrogens is 478 g/mol. The van der Waals surface area contributed by atoms with Crippen LogP contribution in [0.15, 0.2) is 34.9 Å².